The molecular formula is C14H13N5O. The van der Waals surface area contributed by atoms with E-state index < -0.39 is 0 Å². The van der Waals surface area contributed by atoms with Gasteiger partial charge in [0.1, 0.15) is 5.69 Å². The van der Waals surface area contributed by atoms with Gasteiger partial charge in [-0.2, -0.15) is 10.2 Å². The van der Waals surface area contributed by atoms with Crippen LogP contribution in [-0.4, -0.2) is 20.4 Å². The van der Waals surface area contributed by atoms with E-state index >= 15 is 0 Å². The number of hydrogen-bond donors (Lipinski definition) is 3. The summed E-state index contributed by atoms with van der Waals surface area (Å²) < 4.78 is 0. The lowest BCUT2D eigenvalue weighted by atomic mass is 10.0. The molecule has 0 aliphatic carbocycles. The standard InChI is InChI=1S/C14H13N5O/c1-8-2-4-9(5-3-8)12-13(18-19-14(12)15)10-6-7-11(20)17-16-10/h2-7H,1H3,(H,17,20)(H3,15,18,19). The summed E-state index contributed by atoms with van der Waals surface area (Å²) in [4.78, 5) is 11.1. The molecule has 3 aromatic rings. The van der Waals surface area contributed by atoms with E-state index in [1.165, 1.54) is 11.6 Å². The first-order chi connectivity index (χ1) is 9.65. The molecule has 4 N–H and O–H groups in total. The van der Waals surface area contributed by atoms with Crippen LogP contribution in [0.25, 0.3) is 22.5 Å². The van der Waals surface area contributed by atoms with E-state index in [9.17, 15) is 4.79 Å². The quantitative estimate of drug-likeness (QED) is 0.658. The second kappa shape index (κ2) is 4.65. The van der Waals surface area contributed by atoms with E-state index in [2.05, 4.69) is 20.4 Å². The first-order valence-electron chi connectivity index (χ1n) is 6.12. The van der Waals surface area contributed by atoms with E-state index in [-0.39, 0.29) is 5.56 Å². The molecule has 0 bridgehead atoms. The summed E-state index contributed by atoms with van der Waals surface area (Å²) >= 11 is 0. The molecule has 100 valence electrons. The number of nitrogen functional groups attached to an aromatic ring is 1. The van der Waals surface area contributed by atoms with Crippen molar-refractivity contribution in [3.63, 3.8) is 0 Å². The van der Waals surface area contributed by atoms with Crippen LogP contribution in [-0.2, 0) is 0 Å². The Bertz CT molecular complexity index is 781. The van der Waals surface area contributed by atoms with E-state index in [0.29, 0.717) is 17.2 Å². The van der Waals surface area contributed by atoms with Gasteiger partial charge < -0.3 is 5.73 Å². The average molecular weight is 267 g/mol. The number of anilines is 1. The number of aromatic nitrogens is 4. The number of nitrogens with one attached hydrogen (secondary N) is 2. The monoisotopic (exact) mass is 267 g/mol. The minimum absolute atomic E-state index is 0.252. The second-order valence-electron chi connectivity index (χ2n) is 4.53. The molecule has 0 saturated heterocycles. The summed E-state index contributed by atoms with van der Waals surface area (Å²) in [6, 6.07) is 11.0. The fourth-order valence-corrected chi connectivity index (χ4v) is 2.04. The van der Waals surface area contributed by atoms with Crippen molar-refractivity contribution in [2.45, 2.75) is 6.92 Å². The number of rotatable bonds is 2. The molecule has 0 atom stereocenters. The fraction of sp³-hybridized carbons (Fsp3) is 0.0714. The lowest BCUT2D eigenvalue weighted by Gasteiger charge is -2.04. The van der Waals surface area contributed by atoms with Crippen LogP contribution < -0.4 is 11.3 Å². The van der Waals surface area contributed by atoms with Crippen LogP contribution in [0, 0.1) is 6.92 Å². The third-order valence-corrected chi connectivity index (χ3v) is 3.07. The first-order valence-corrected chi connectivity index (χ1v) is 6.12. The zero-order chi connectivity index (χ0) is 14.1. The Morgan fingerprint density at radius 1 is 1.00 bits per heavy atom. The van der Waals surface area contributed by atoms with E-state index in [4.69, 9.17) is 5.73 Å². The fourth-order valence-electron chi connectivity index (χ4n) is 2.04. The maximum Gasteiger partial charge on any atom is 0.264 e. The Morgan fingerprint density at radius 2 is 1.75 bits per heavy atom. The molecule has 2 aromatic heterocycles. The van der Waals surface area contributed by atoms with E-state index in [1.54, 1.807) is 6.07 Å². The Kier molecular flexibility index (Phi) is 2.83. The largest absolute Gasteiger partial charge is 0.382 e. The molecule has 20 heavy (non-hydrogen) atoms. The molecule has 0 spiro atoms. The van der Waals surface area contributed by atoms with Gasteiger partial charge in [0.25, 0.3) is 5.56 Å². The van der Waals surface area contributed by atoms with Crippen LogP contribution in [0.2, 0.25) is 0 Å². The number of hydrogen-bond acceptors (Lipinski definition) is 4. The highest BCUT2D eigenvalue weighted by molar-refractivity contribution is 5.86. The summed E-state index contributed by atoms with van der Waals surface area (Å²) in [5, 5.41) is 13.3. The second-order valence-corrected chi connectivity index (χ2v) is 4.53. The number of aryl methyl sites for hydroxylation is 1. The first kappa shape index (κ1) is 12.2. The van der Waals surface area contributed by atoms with E-state index in [0.717, 1.165) is 11.1 Å². The highest BCUT2D eigenvalue weighted by Crippen LogP contribution is 2.33. The minimum Gasteiger partial charge on any atom is -0.382 e. The third kappa shape index (κ3) is 2.07. The van der Waals surface area contributed by atoms with Gasteiger partial charge in [0.15, 0.2) is 5.82 Å². The lowest BCUT2D eigenvalue weighted by molar-refractivity contribution is 0.982. The van der Waals surface area contributed by atoms with Gasteiger partial charge in [-0.15, -0.1) is 0 Å². The SMILES string of the molecule is Cc1ccc(-c2c(N)n[nH]c2-c2ccc(=O)[nH]n2)cc1. The summed E-state index contributed by atoms with van der Waals surface area (Å²) in [6.45, 7) is 2.02. The predicted molar refractivity (Wildman–Crippen MR) is 77.0 cm³/mol. The number of aromatic amines is 2. The average Bonchev–Trinajstić information content (AvgIpc) is 2.83. The van der Waals surface area contributed by atoms with Crippen molar-refractivity contribution >= 4 is 5.82 Å². The Balaban J connectivity index is 2.16. The minimum atomic E-state index is -0.252. The molecule has 0 amide bonds. The third-order valence-electron chi connectivity index (χ3n) is 3.07. The highest BCUT2D eigenvalue weighted by Gasteiger charge is 2.15. The van der Waals surface area contributed by atoms with Gasteiger partial charge in [-0.3, -0.25) is 9.89 Å². The molecular weight excluding hydrogens is 254 g/mol. The summed E-state index contributed by atoms with van der Waals surface area (Å²) in [5.41, 5.74) is 9.85. The van der Waals surface area contributed by atoms with Crippen LogP contribution in [0.1, 0.15) is 5.56 Å². The van der Waals surface area contributed by atoms with Crippen LogP contribution in [0.3, 0.4) is 0 Å². The molecule has 0 unspecified atom stereocenters. The van der Waals surface area contributed by atoms with Gasteiger partial charge in [-0.05, 0) is 18.6 Å². The molecule has 0 aliphatic heterocycles. The van der Waals surface area contributed by atoms with Gasteiger partial charge in [-0.1, -0.05) is 29.8 Å². The Morgan fingerprint density at radius 3 is 2.40 bits per heavy atom. The zero-order valence-electron chi connectivity index (χ0n) is 10.8. The number of benzene rings is 1. The van der Waals surface area contributed by atoms with Crippen molar-refractivity contribution in [2.24, 2.45) is 0 Å². The molecule has 0 aliphatic rings. The smallest absolute Gasteiger partial charge is 0.264 e. The van der Waals surface area contributed by atoms with Gasteiger partial charge in [0.2, 0.25) is 0 Å². The predicted octanol–water partition coefficient (Wildman–Crippen LogP) is 1.72. The molecule has 0 radical (unpaired) electrons. The van der Waals surface area contributed by atoms with Crippen LogP contribution >= 0.6 is 0 Å². The summed E-state index contributed by atoms with van der Waals surface area (Å²) in [6.07, 6.45) is 0. The normalized spacial score (nSPS) is 10.7. The topological polar surface area (TPSA) is 100 Å². The Hall–Kier alpha value is -2.89. The van der Waals surface area contributed by atoms with Crippen LogP contribution in [0.15, 0.2) is 41.2 Å². The molecule has 3 rings (SSSR count). The van der Waals surface area contributed by atoms with Gasteiger partial charge in [-0.25, -0.2) is 5.10 Å². The maximum atomic E-state index is 11.1. The van der Waals surface area contributed by atoms with Gasteiger partial charge in [0.05, 0.1) is 11.3 Å². The zero-order valence-corrected chi connectivity index (χ0v) is 10.8. The molecule has 2 heterocycles. The molecule has 0 fully saturated rings. The van der Waals surface area contributed by atoms with Crippen molar-refractivity contribution in [3.8, 4) is 22.5 Å². The van der Waals surface area contributed by atoms with Crippen molar-refractivity contribution in [1.29, 1.82) is 0 Å². The van der Waals surface area contributed by atoms with Gasteiger partial charge >= 0.3 is 0 Å². The Labute approximate surface area is 114 Å². The molecule has 6 nitrogen and oxygen atoms in total. The van der Waals surface area contributed by atoms with Crippen LogP contribution in [0.4, 0.5) is 5.82 Å². The van der Waals surface area contributed by atoms with Gasteiger partial charge in [0, 0.05) is 6.07 Å². The number of nitrogens with zero attached hydrogens (tertiary/aromatic N) is 2. The summed E-state index contributed by atoms with van der Waals surface area (Å²) in [7, 11) is 0. The number of H-pyrrole nitrogens is 2. The molecule has 1 aromatic carbocycles. The lowest BCUT2D eigenvalue weighted by Crippen LogP contribution is -2.05. The van der Waals surface area contributed by atoms with Crippen molar-refractivity contribution in [3.05, 3.63) is 52.3 Å². The molecule has 6 heteroatoms. The number of nitrogens with two attached hydrogens (primary N) is 1. The van der Waals surface area contributed by atoms with Crippen molar-refractivity contribution < 1.29 is 0 Å². The summed E-state index contributed by atoms with van der Waals surface area (Å²) in [5.74, 6) is 0.400. The molecule has 0 saturated carbocycles. The van der Waals surface area contributed by atoms with Crippen LogP contribution in [0.5, 0.6) is 0 Å². The van der Waals surface area contributed by atoms with E-state index in [1.807, 2.05) is 31.2 Å². The highest BCUT2D eigenvalue weighted by atomic mass is 16.1. The van der Waals surface area contributed by atoms with Crippen molar-refractivity contribution in [1.82, 2.24) is 20.4 Å². The maximum absolute atomic E-state index is 11.1. The van der Waals surface area contributed by atoms with Crippen molar-refractivity contribution in [2.75, 3.05) is 5.73 Å².